The Balaban J connectivity index is 0. The molecule has 0 radical (unpaired) electrons. The molecule has 0 rings (SSSR count). The molecule has 1 atom stereocenters. The summed E-state index contributed by atoms with van der Waals surface area (Å²) >= 11 is 0. The van der Waals surface area contributed by atoms with Crippen LogP contribution in [0.3, 0.4) is 0 Å². The summed E-state index contributed by atoms with van der Waals surface area (Å²) in [6.07, 6.45) is -2.52. The van der Waals surface area contributed by atoms with Crippen molar-refractivity contribution in [3.63, 3.8) is 0 Å². The molecule has 0 bridgehead atoms. The average Bonchev–Trinajstić information content (AvgIpc) is 1.98. The first-order chi connectivity index (χ1) is 6.16. The maximum absolute atomic E-state index is 12.0. The van der Waals surface area contributed by atoms with Gasteiger partial charge in [0.05, 0.1) is 12.6 Å². The van der Waals surface area contributed by atoms with Crippen molar-refractivity contribution in [2.45, 2.75) is 33.2 Å². The lowest BCUT2D eigenvalue weighted by atomic mass is 9.86. The van der Waals surface area contributed by atoms with Gasteiger partial charge in [0.2, 0.25) is 5.91 Å². The minimum absolute atomic E-state index is 0. The molecule has 0 heterocycles. The topological polar surface area (TPSA) is 46.3 Å². The number of amides is 1. The van der Waals surface area contributed by atoms with Gasteiger partial charge < -0.3 is 10.6 Å². The number of likely N-dealkylation sites (N-methyl/N-ethyl adjacent to an activating group) is 1. The molecule has 0 aliphatic carbocycles. The molecule has 0 aliphatic rings. The molecule has 0 unspecified atom stereocenters. The molecule has 0 aliphatic heterocycles. The molecule has 6 heteroatoms. The molecular formula is C9H19ClF2N2O. The second kappa shape index (κ2) is 6.23. The number of rotatable bonds is 3. The highest BCUT2D eigenvalue weighted by molar-refractivity contribution is 5.85. The molecule has 0 aromatic carbocycles. The Labute approximate surface area is 95.4 Å². The van der Waals surface area contributed by atoms with E-state index >= 15 is 0 Å². The third-order valence-corrected chi connectivity index (χ3v) is 1.99. The Kier molecular flexibility index (Phi) is 7.05. The number of carbonyl (C=O) groups excluding carboxylic acids is 1. The van der Waals surface area contributed by atoms with Gasteiger partial charge in [0, 0.05) is 7.05 Å². The minimum Gasteiger partial charge on any atom is -0.339 e. The number of hydrogen-bond acceptors (Lipinski definition) is 2. The predicted molar refractivity (Wildman–Crippen MR) is 58.3 cm³/mol. The van der Waals surface area contributed by atoms with Crippen LogP contribution in [0.5, 0.6) is 0 Å². The molecule has 1 amide bonds. The smallest absolute Gasteiger partial charge is 0.255 e. The Morgan fingerprint density at radius 3 is 2.07 bits per heavy atom. The minimum atomic E-state index is -2.52. The van der Waals surface area contributed by atoms with E-state index in [1.807, 2.05) is 0 Å². The molecule has 2 N–H and O–H groups in total. The lowest BCUT2D eigenvalue weighted by Crippen LogP contribution is -2.50. The highest BCUT2D eigenvalue weighted by Gasteiger charge is 2.30. The van der Waals surface area contributed by atoms with Gasteiger partial charge in [0.15, 0.2) is 0 Å². The second-order valence-electron chi connectivity index (χ2n) is 4.45. The van der Waals surface area contributed by atoms with Gasteiger partial charge in [-0.3, -0.25) is 4.79 Å². The normalized spacial score (nSPS) is 13.3. The summed E-state index contributed by atoms with van der Waals surface area (Å²) in [7, 11) is 1.33. The van der Waals surface area contributed by atoms with Gasteiger partial charge in [-0.15, -0.1) is 12.4 Å². The van der Waals surface area contributed by atoms with E-state index in [9.17, 15) is 13.6 Å². The van der Waals surface area contributed by atoms with Crippen molar-refractivity contribution in [3.8, 4) is 0 Å². The van der Waals surface area contributed by atoms with Crippen molar-refractivity contribution in [1.29, 1.82) is 0 Å². The summed E-state index contributed by atoms with van der Waals surface area (Å²) in [5.74, 6) is -0.446. The average molecular weight is 245 g/mol. The van der Waals surface area contributed by atoms with Crippen molar-refractivity contribution in [2.24, 2.45) is 11.1 Å². The summed E-state index contributed by atoms with van der Waals surface area (Å²) in [6, 6.07) is -0.744. The van der Waals surface area contributed by atoms with Gasteiger partial charge in [-0.25, -0.2) is 8.78 Å². The second-order valence-corrected chi connectivity index (χ2v) is 4.45. The Hall–Kier alpha value is -0.420. The van der Waals surface area contributed by atoms with Crippen molar-refractivity contribution in [3.05, 3.63) is 0 Å². The molecule has 0 aromatic rings. The van der Waals surface area contributed by atoms with E-state index in [0.29, 0.717) is 0 Å². The van der Waals surface area contributed by atoms with E-state index in [0.717, 1.165) is 4.90 Å². The van der Waals surface area contributed by atoms with Gasteiger partial charge in [0.1, 0.15) is 0 Å². The molecule has 0 fully saturated rings. The van der Waals surface area contributed by atoms with Crippen molar-refractivity contribution >= 4 is 18.3 Å². The fraction of sp³-hybridized carbons (Fsp3) is 0.889. The zero-order valence-corrected chi connectivity index (χ0v) is 10.3. The summed E-state index contributed by atoms with van der Waals surface area (Å²) in [5.41, 5.74) is 5.23. The van der Waals surface area contributed by atoms with Crippen molar-refractivity contribution in [1.82, 2.24) is 4.90 Å². The van der Waals surface area contributed by atoms with Crippen LogP contribution >= 0.6 is 12.4 Å². The first-order valence-corrected chi connectivity index (χ1v) is 4.45. The van der Waals surface area contributed by atoms with Gasteiger partial charge >= 0.3 is 0 Å². The van der Waals surface area contributed by atoms with E-state index < -0.39 is 30.3 Å². The van der Waals surface area contributed by atoms with E-state index in [2.05, 4.69) is 0 Å². The highest BCUT2D eigenvalue weighted by atomic mass is 35.5. The van der Waals surface area contributed by atoms with Gasteiger partial charge in [-0.1, -0.05) is 20.8 Å². The fourth-order valence-electron chi connectivity index (χ4n) is 0.905. The Morgan fingerprint density at radius 2 is 1.80 bits per heavy atom. The van der Waals surface area contributed by atoms with E-state index in [4.69, 9.17) is 5.73 Å². The van der Waals surface area contributed by atoms with Crippen LogP contribution in [0.2, 0.25) is 0 Å². The number of nitrogens with two attached hydrogens (primary N) is 1. The number of hydrogen-bond donors (Lipinski definition) is 1. The maximum Gasteiger partial charge on any atom is 0.255 e. The van der Waals surface area contributed by atoms with Crippen LogP contribution in [-0.4, -0.2) is 36.9 Å². The van der Waals surface area contributed by atoms with Crippen molar-refractivity contribution in [2.75, 3.05) is 13.6 Å². The van der Waals surface area contributed by atoms with Crippen LogP contribution < -0.4 is 5.73 Å². The maximum atomic E-state index is 12.0. The zero-order valence-electron chi connectivity index (χ0n) is 9.46. The van der Waals surface area contributed by atoms with E-state index in [-0.39, 0.29) is 12.4 Å². The molecular weight excluding hydrogens is 226 g/mol. The van der Waals surface area contributed by atoms with Crippen LogP contribution in [0.4, 0.5) is 8.78 Å². The first kappa shape index (κ1) is 17.0. The molecule has 92 valence electrons. The van der Waals surface area contributed by atoms with Crippen molar-refractivity contribution < 1.29 is 13.6 Å². The molecule has 15 heavy (non-hydrogen) atoms. The molecule has 0 spiro atoms. The third-order valence-electron chi connectivity index (χ3n) is 1.99. The van der Waals surface area contributed by atoms with Crippen LogP contribution in [-0.2, 0) is 4.79 Å². The monoisotopic (exact) mass is 244 g/mol. The SMILES string of the molecule is CN(CC(F)F)C(=O)[C@@H](N)C(C)(C)C.Cl. The number of halogens is 3. The number of nitrogens with zero attached hydrogens (tertiary/aromatic N) is 1. The fourth-order valence-corrected chi connectivity index (χ4v) is 0.905. The molecule has 0 saturated carbocycles. The summed E-state index contributed by atoms with van der Waals surface area (Å²) < 4.78 is 23.9. The standard InChI is InChI=1S/C9H18F2N2O.ClH/c1-9(2,3)7(12)8(14)13(4)5-6(10)11;/h6-7H,5,12H2,1-4H3;1H/t7-;/m1./s1. The lowest BCUT2D eigenvalue weighted by molar-refractivity contribution is -0.135. The first-order valence-electron chi connectivity index (χ1n) is 4.45. The predicted octanol–water partition coefficient (Wildman–Crippen LogP) is 1.51. The number of carbonyl (C=O) groups is 1. The largest absolute Gasteiger partial charge is 0.339 e. The lowest BCUT2D eigenvalue weighted by Gasteiger charge is -2.29. The highest BCUT2D eigenvalue weighted by Crippen LogP contribution is 2.18. The molecule has 0 saturated heterocycles. The summed E-state index contributed by atoms with van der Waals surface area (Å²) in [6.45, 7) is 4.83. The van der Waals surface area contributed by atoms with Gasteiger partial charge in [-0.05, 0) is 5.41 Å². The summed E-state index contributed by atoms with van der Waals surface area (Å²) in [5, 5.41) is 0. The van der Waals surface area contributed by atoms with Gasteiger partial charge in [0.25, 0.3) is 6.43 Å². The zero-order chi connectivity index (χ0) is 11.5. The molecule has 0 aromatic heterocycles. The van der Waals surface area contributed by atoms with Crippen LogP contribution in [0, 0.1) is 5.41 Å². The van der Waals surface area contributed by atoms with E-state index in [1.54, 1.807) is 20.8 Å². The third kappa shape index (κ3) is 5.89. The number of alkyl halides is 2. The van der Waals surface area contributed by atoms with E-state index in [1.165, 1.54) is 7.05 Å². The Bertz CT molecular complexity index is 207. The Morgan fingerprint density at radius 1 is 1.40 bits per heavy atom. The van der Waals surface area contributed by atoms with Crippen LogP contribution in [0.15, 0.2) is 0 Å². The quantitative estimate of drug-likeness (QED) is 0.818. The van der Waals surface area contributed by atoms with Crippen LogP contribution in [0.25, 0.3) is 0 Å². The summed E-state index contributed by atoms with van der Waals surface area (Å²) in [4.78, 5) is 12.5. The van der Waals surface area contributed by atoms with Gasteiger partial charge in [-0.2, -0.15) is 0 Å². The molecule has 3 nitrogen and oxygen atoms in total. The van der Waals surface area contributed by atoms with Crippen LogP contribution in [0.1, 0.15) is 20.8 Å².